The Bertz CT molecular complexity index is 351. The summed E-state index contributed by atoms with van der Waals surface area (Å²) in [4.78, 5) is 14.7. The van der Waals surface area contributed by atoms with Gasteiger partial charge in [0.15, 0.2) is 0 Å². The van der Waals surface area contributed by atoms with E-state index in [2.05, 4.69) is 4.98 Å². The predicted octanol–water partition coefficient (Wildman–Crippen LogP) is 0.849. The fourth-order valence-corrected chi connectivity index (χ4v) is 1.08. The van der Waals surface area contributed by atoms with Crippen molar-refractivity contribution in [3.63, 3.8) is 0 Å². The topological polar surface area (TPSA) is 79.7 Å². The van der Waals surface area contributed by atoms with E-state index in [-0.39, 0.29) is 18.1 Å². The van der Waals surface area contributed by atoms with E-state index in [0.29, 0.717) is 18.7 Å². The molecule has 0 saturated heterocycles. The first-order valence-electron chi connectivity index (χ1n) is 4.59. The smallest absolute Gasteiger partial charge is 0.335 e. The lowest BCUT2D eigenvalue weighted by Crippen LogP contribution is -2.04. The van der Waals surface area contributed by atoms with E-state index in [4.69, 9.17) is 14.9 Å². The molecule has 0 radical (unpaired) electrons. The molecule has 2 N–H and O–H groups in total. The van der Waals surface area contributed by atoms with Gasteiger partial charge in [-0.25, -0.2) is 9.78 Å². The minimum absolute atomic E-state index is 0.0393. The number of aryl methyl sites for hydroxylation is 1. The number of aliphatic hydroxyl groups excluding tert-OH is 1. The van der Waals surface area contributed by atoms with Crippen LogP contribution < -0.4 is 4.74 Å². The van der Waals surface area contributed by atoms with Gasteiger partial charge in [0.1, 0.15) is 0 Å². The number of carboxylic acids is 1. The van der Waals surface area contributed by atoms with Crippen molar-refractivity contribution in [2.45, 2.75) is 13.3 Å². The van der Waals surface area contributed by atoms with E-state index in [1.165, 1.54) is 12.1 Å². The van der Waals surface area contributed by atoms with Gasteiger partial charge in [0.05, 0.1) is 12.2 Å². The first-order chi connectivity index (χ1) is 7.13. The Balaban J connectivity index is 2.75. The van der Waals surface area contributed by atoms with E-state index in [9.17, 15) is 4.79 Å². The van der Waals surface area contributed by atoms with Gasteiger partial charge in [0, 0.05) is 24.8 Å². The number of carbonyl (C=O) groups is 1. The quantitative estimate of drug-likeness (QED) is 0.706. The maximum atomic E-state index is 10.7. The molecule has 0 aliphatic heterocycles. The Kier molecular flexibility index (Phi) is 4.05. The van der Waals surface area contributed by atoms with Gasteiger partial charge in [-0.05, 0) is 13.0 Å². The summed E-state index contributed by atoms with van der Waals surface area (Å²) >= 11 is 0. The van der Waals surface area contributed by atoms with E-state index >= 15 is 0 Å². The number of hydrogen-bond donors (Lipinski definition) is 2. The molecule has 15 heavy (non-hydrogen) atoms. The third-order valence-electron chi connectivity index (χ3n) is 1.73. The number of rotatable bonds is 5. The summed E-state index contributed by atoms with van der Waals surface area (Å²) in [7, 11) is 0. The van der Waals surface area contributed by atoms with Crippen molar-refractivity contribution in [1.29, 1.82) is 0 Å². The molecule has 0 amide bonds. The van der Waals surface area contributed by atoms with Gasteiger partial charge in [-0.1, -0.05) is 0 Å². The Labute approximate surface area is 87.3 Å². The fraction of sp³-hybridized carbons (Fsp3) is 0.400. The normalized spacial score (nSPS) is 10.0. The van der Waals surface area contributed by atoms with Crippen LogP contribution in [-0.2, 0) is 0 Å². The molecule has 1 aromatic heterocycles. The molecule has 0 unspecified atom stereocenters. The number of ether oxygens (including phenoxy) is 1. The maximum absolute atomic E-state index is 10.7. The van der Waals surface area contributed by atoms with Crippen molar-refractivity contribution < 1.29 is 19.7 Å². The summed E-state index contributed by atoms with van der Waals surface area (Å²) in [6.07, 6.45) is 0.498. The van der Waals surface area contributed by atoms with Crippen LogP contribution in [0.15, 0.2) is 12.1 Å². The number of aliphatic hydroxyl groups is 1. The molecule has 0 bridgehead atoms. The van der Waals surface area contributed by atoms with Crippen LogP contribution in [0.1, 0.15) is 22.5 Å². The highest BCUT2D eigenvalue weighted by atomic mass is 16.5. The number of pyridine rings is 1. The summed E-state index contributed by atoms with van der Waals surface area (Å²) in [6, 6.07) is 2.84. The van der Waals surface area contributed by atoms with E-state index in [1.807, 2.05) is 0 Å². The maximum Gasteiger partial charge on any atom is 0.335 e. The van der Waals surface area contributed by atoms with Crippen LogP contribution in [0.5, 0.6) is 5.88 Å². The second kappa shape index (κ2) is 5.31. The molecule has 0 fully saturated rings. The van der Waals surface area contributed by atoms with Crippen molar-refractivity contribution in [1.82, 2.24) is 4.98 Å². The van der Waals surface area contributed by atoms with Crippen molar-refractivity contribution >= 4 is 5.97 Å². The molecular formula is C10H13NO4. The van der Waals surface area contributed by atoms with Crippen molar-refractivity contribution in [3.05, 3.63) is 23.4 Å². The minimum atomic E-state index is -1.01. The van der Waals surface area contributed by atoms with Crippen molar-refractivity contribution in [2.24, 2.45) is 0 Å². The second-order valence-electron chi connectivity index (χ2n) is 3.07. The molecule has 0 saturated carbocycles. The van der Waals surface area contributed by atoms with Crippen molar-refractivity contribution in [3.8, 4) is 5.88 Å². The Hall–Kier alpha value is -1.62. The van der Waals surface area contributed by atoms with Crippen LogP contribution in [0.25, 0.3) is 0 Å². The SMILES string of the molecule is Cc1cc(C(=O)O)cc(OCCCO)n1. The zero-order valence-corrected chi connectivity index (χ0v) is 8.43. The van der Waals surface area contributed by atoms with Crippen LogP contribution in [0.4, 0.5) is 0 Å². The lowest BCUT2D eigenvalue weighted by atomic mass is 10.2. The minimum Gasteiger partial charge on any atom is -0.478 e. The summed E-state index contributed by atoms with van der Waals surface area (Å²) in [5.41, 5.74) is 0.746. The number of aromatic nitrogens is 1. The van der Waals surface area contributed by atoms with Crippen LogP contribution in [0.3, 0.4) is 0 Å². The molecule has 1 heterocycles. The molecule has 1 aromatic rings. The molecule has 5 nitrogen and oxygen atoms in total. The lowest BCUT2D eigenvalue weighted by molar-refractivity contribution is 0.0696. The van der Waals surface area contributed by atoms with E-state index in [1.54, 1.807) is 6.92 Å². The molecule has 0 aromatic carbocycles. The summed E-state index contributed by atoms with van der Waals surface area (Å²) in [5.74, 6) is -0.728. The zero-order valence-electron chi connectivity index (χ0n) is 8.43. The molecule has 0 atom stereocenters. The molecule has 5 heteroatoms. The largest absolute Gasteiger partial charge is 0.478 e. The van der Waals surface area contributed by atoms with E-state index in [0.717, 1.165) is 0 Å². The van der Waals surface area contributed by atoms with Gasteiger partial charge >= 0.3 is 5.97 Å². The first-order valence-corrected chi connectivity index (χ1v) is 4.59. The summed E-state index contributed by atoms with van der Waals surface area (Å²) in [6.45, 7) is 2.06. The fourth-order valence-electron chi connectivity index (χ4n) is 1.08. The Morgan fingerprint density at radius 2 is 2.27 bits per heavy atom. The summed E-state index contributed by atoms with van der Waals surface area (Å²) in [5, 5.41) is 17.3. The van der Waals surface area contributed by atoms with Crippen LogP contribution in [0.2, 0.25) is 0 Å². The Morgan fingerprint density at radius 1 is 1.53 bits per heavy atom. The number of hydrogen-bond acceptors (Lipinski definition) is 4. The lowest BCUT2D eigenvalue weighted by Gasteiger charge is -2.05. The molecular weight excluding hydrogens is 198 g/mol. The van der Waals surface area contributed by atoms with Crippen LogP contribution in [-0.4, -0.2) is 34.4 Å². The molecule has 1 rings (SSSR count). The number of aromatic carboxylic acids is 1. The van der Waals surface area contributed by atoms with Gasteiger partial charge < -0.3 is 14.9 Å². The molecule has 82 valence electrons. The third kappa shape index (κ3) is 3.55. The van der Waals surface area contributed by atoms with Crippen molar-refractivity contribution in [2.75, 3.05) is 13.2 Å². The predicted molar refractivity (Wildman–Crippen MR) is 53.1 cm³/mol. The molecule has 0 spiro atoms. The number of carboxylic acid groups (broad SMARTS) is 1. The zero-order chi connectivity index (χ0) is 11.3. The second-order valence-corrected chi connectivity index (χ2v) is 3.07. The van der Waals surface area contributed by atoms with Crippen LogP contribution >= 0.6 is 0 Å². The van der Waals surface area contributed by atoms with Gasteiger partial charge in [-0.3, -0.25) is 0 Å². The average Bonchev–Trinajstić information content (AvgIpc) is 2.17. The van der Waals surface area contributed by atoms with Gasteiger partial charge in [-0.2, -0.15) is 0 Å². The first kappa shape index (κ1) is 11.5. The monoisotopic (exact) mass is 211 g/mol. The average molecular weight is 211 g/mol. The van der Waals surface area contributed by atoms with Gasteiger partial charge in [-0.15, -0.1) is 0 Å². The molecule has 0 aliphatic carbocycles. The summed E-state index contributed by atoms with van der Waals surface area (Å²) < 4.78 is 5.18. The Morgan fingerprint density at radius 3 is 2.87 bits per heavy atom. The highest BCUT2D eigenvalue weighted by Gasteiger charge is 2.06. The highest BCUT2D eigenvalue weighted by Crippen LogP contribution is 2.12. The van der Waals surface area contributed by atoms with Gasteiger partial charge in [0.25, 0.3) is 0 Å². The standard InChI is InChI=1S/C10H13NO4/c1-7-5-8(10(13)14)6-9(11-7)15-4-2-3-12/h5-6,12H,2-4H2,1H3,(H,13,14). The van der Waals surface area contributed by atoms with E-state index < -0.39 is 5.97 Å². The van der Waals surface area contributed by atoms with Crippen LogP contribution in [0, 0.1) is 6.92 Å². The number of nitrogens with zero attached hydrogens (tertiary/aromatic N) is 1. The highest BCUT2D eigenvalue weighted by molar-refractivity contribution is 5.87. The third-order valence-corrected chi connectivity index (χ3v) is 1.73. The molecule has 0 aliphatic rings. The van der Waals surface area contributed by atoms with Gasteiger partial charge in [0.2, 0.25) is 5.88 Å².